The minimum Gasteiger partial charge on any atom is -0.382 e. The highest BCUT2D eigenvalue weighted by atomic mass is 32.1. The molecule has 0 aliphatic carbocycles. The third-order valence-electron chi connectivity index (χ3n) is 1.62. The van der Waals surface area contributed by atoms with Crippen LogP contribution in [0.5, 0.6) is 0 Å². The van der Waals surface area contributed by atoms with Crippen LogP contribution in [0.1, 0.15) is 23.5 Å². The van der Waals surface area contributed by atoms with Crippen LogP contribution in [-0.2, 0) is 0 Å². The van der Waals surface area contributed by atoms with E-state index in [0.29, 0.717) is 10.0 Å². The Balaban J connectivity index is 2.77. The number of terminal acetylenes is 1. The second-order valence-electron chi connectivity index (χ2n) is 3.42. The third kappa shape index (κ3) is 3.14. The first-order chi connectivity index (χ1) is 7.54. The predicted octanol–water partition coefficient (Wildman–Crippen LogP) is 0.909. The molecule has 0 fully saturated rings. The fraction of sp³-hybridized carbons (Fsp3) is 0.400. The smallest absolute Gasteiger partial charge is 0.266 e. The molecule has 0 saturated heterocycles. The molecule has 0 unspecified atom stereocenters. The van der Waals surface area contributed by atoms with Crippen molar-refractivity contribution >= 4 is 28.2 Å². The molecule has 0 aromatic carbocycles. The number of aromatic nitrogens is 1. The molecule has 86 valence electrons. The van der Waals surface area contributed by atoms with Gasteiger partial charge in [-0.15, -0.1) is 6.42 Å². The van der Waals surface area contributed by atoms with Gasteiger partial charge in [-0.2, -0.15) is 0 Å². The second-order valence-corrected chi connectivity index (χ2v) is 4.42. The van der Waals surface area contributed by atoms with Gasteiger partial charge in [0.25, 0.3) is 5.91 Å². The number of carbonyl (C=O) groups excluding carboxylic acids is 1. The lowest BCUT2D eigenvalue weighted by atomic mass is 10.4. The summed E-state index contributed by atoms with van der Waals surface area (Å²) >= 11 is 1.22. The van der Waals surface area contributed by atoms with Gasteiger partial charge in [-0.3, -0.25) is 4.79 Å². The average molecular weight is 238 g/mol. The van der Waals surface area contributed by atoms with Gasteiger partial charge >= 0.3 is 0 Å². The van der Waals surface area contributed by atoms with Gasteiger partial charge in [0.2, 0.25) is 0 Å². The number of hydrogen-bond acceptors (Lipinski definition) is 5. The Bertz CT molecular complexity index is 419. The lowest BCUT2D eigenvalue weighted by Crippen LogP contribution is -2.23. The van der Waals surface area contributed by atoms with Gasteiger partial charge in [0.05, 0.1) is 6.54 Å². The van der Waals surface area contributed by atoms with E-state index in [1.165, 1.54) is 11.3 Å². The number of rotatable bonds is 4. The summed E-state index contributed by atoms with van der Waals surface area (Å²) in [6.45, 7) is 4.15. The van der Waals surface area contributed by atoms with Crippen molar-refractivity contribution in [1.82, 2.24) is 10.3 Å². The van der Waals surface area contributed by atoms with E-state index in [2.05, 4.69) is 21.5 Å². The van der Waals surface area contributed by atoms with Crippen molar-refractivity contribution in [2.45, 2.75) is 19.9 Å². The monoisotopic (exact) mass is 238 g/mol. The van der Waals surface area contributed by atoms with Crippen LogP contribution < -0.4 is 16.4 Å². The standard InChI is InChI=1S/C10H14N4OS/c1-4-5-12-9(15)7-8(11)14-10(16-7)13-6(2)3/h1,6H,5,11H2,2-3H3,(H,12,15)(H,13,14). The van der Waals surface area contributed by atoms with E-state index in [0.717, 1.165) is 0 Å². The van der Waals surface area contributed by atoms with Crippen molar-refractivity contribution in [3.8, 4) is 12.3 Å². The van der Waals surface area contributed by atoms with Crippen LogP contribution in [0, 0.1) is 12.3 Å². The molecule has 1 aromatic heterocycles. The molecule has 5 nitrogen and oxygen atoms in total. The molecular formula is C10H14N4OS. The third-order valence-corrected chi connectivity index (χ3v) is 2.62. The largest absolute Gasteiger partial charge is 0.382 e. The van der Waals surface area contributed by atoms with Crippen LogP contribution in [-0.4, -0.2) is 23.5 Å². The Labute approximate surface area is 98.4 Å². The van der Waals surface area contributed by atoms with Crippen molar-refractivity contribution in [2.24, 2.45) is 0 Å². The number of carbonyl (C=O) groups is 1. The Morgan fingerprint density at radius 2 is 2.38 bits per heavy atom. The van der Waals surface area contributed by atoms with Crippen molar-refractivity contribution in [2.75, 3.05) is 17.6 Å². The lowest BCUT2D eigenvalue weighted by molar-refractivity contribution is 0.0963. The van der Waals surface area contributed by atoms with E-state index < -0.39 is 0 Å². The van der Waals surface area contributed by atoms with Crippen molar-refractivity contribution in [3.63, 3.8) is 0 Å². The molecular weight excluding hydrogens is 224 g/mol. The summed E-state index contributed by atoms with van der Waals surface area (Å²) in [7, 11) is 0. The quantitative estimate of drug-likeness (QED) is 0.681. The molecule has 0 atom stereocenters. The first-order valence-electron chi connectivity index (χ1n) is 4.79. The summed E-state index contributed by atoms with van der Waals surface area (Å²) < 4.78 is 0. The van der Waals surface area contributed by atoms with Crippen LogP contribution in [0.3, 0.4) is 0 Å². The molecule has 1 aromatic rings. The Hall–Kier alpha value is -1.74. The fourth-order valence-electron chi connectivity index (χ4n) is 1.01. The molecule has 1 heterocycles. The number of nitrogen functional groups attached to an aromatic ring is 1. The van der Waals surface area contributed by atoms with Crippen LogP contribution >= 0.6 is 11.3 Å². The molecule has 6 heteroatoms. The van der Waals surface area contributed by atoms with Crippen molar-refractivity contribution in [3.05, 3.63) is 4.88 Å². The maximum atomic E-state index is 11.6. The number of nitrogens with zero attached hydrogens (tertiary/aromatic N) is 1. The fourth-order valence-corrected chi connectivity index (χ4v) is 1.96. The van der Waals surface area contributed by atoms with E-state index >= 15 is 0 Å². The highest BCUT2D eigenvalue weighted by Gasteiger charge is 2.15. The maximum Gasteiger partial charge on any atom is 0.266 e. The molecule has 0 aliphatic heterocycles. The molecule has 16 heavy (non-hydrogen) atoms. The van der Waals surface area contributed by atoms with Crippen LogP contribution in [0.25, 0.3) is 0 Å². The summed E-state index contributed by atoms with van der Waals surface area (Å²) in [6, 6.07) is 0.243. The summed E-state index contributed by atoms with van der Waals surface area (Å²) in [4.78, 5) is 16.0. The molecule has 0 aliphatic rings. The van der Waals surface area contributed by atoms with Gasteiger partial charge in [-0.05, 0) is 13.8 Å². The van der Waals surface area contributed by atoms with Gasteiger partial charge in [-0.25, -0.2) is 4.98 Å². The van der Waals surface area contributed by atoms with E-state index in [1.54, 1.807) is 0 Å². The molecule has 1 rings (SSSR count). The maximum absolute atomic E-state index is 11.6. The van der Waals surface area contributed by atoms with E-state index in [9.17, 15) is 4.79 Å². The molecule has 0 radical (unpaired) electrons. The van der Waals surface area contributed by atoms with Crippen molar-refractivity contribution in [1.29, 1.82) is 0 Å². The summed E-state index contributed by atoms with van der Waals surface area (Å²) in [5, 5.41) is 6.27. The molecule has 0 bridgehead atoms. The van der Waals surface area contributed by atoms with Gasteiger partial charge < -0.3 is 16.4 Å². The van der Waals surface area contributed by atoms with Crippen LogP contribution in [0.2, 0.25) is 0 Å². The Morgan fingerprint density at radius 1 is 1.69 bits per heavy atom. The Morgan fingerprint density at radius 3 is 2.94 bits per heavy atom. The molecule has 4 N–H and O–H groups in total. The number of hydrogen-bond donors (Lipinski definition) is 3. The highest BCUT2D eigenvalue weighted by molar-refractivity contribution is 7.18. The highest BCUT2D eigenvalue weighted by Crippen LogP contribution is 2.25. The van der Waals surface area contributed by atoms with Crippen LogP contribution in [0.4, 0.5) is 10.9 Å². The lowest BCUT2D eigenvalue weighted by Gasteiger charge is -2.03. The summed E-state index contributed by atoms with van der Waals surface area (Å²) in [5.74, 6) is 2.26. The number of nitrogens with one attached hydrogen (secondary N) is 2. The number of anilines is 2. The first-order valence-corrected chi connectivity index (χ1v) is 5.60. The average Bonchev–Trinajstić information content (AvgIpc) is 2.54. The number of thiazole rings is 1. The normalized spacial score (nSPS) is 9.88. The summed E-state index contributed by atoms with van der Waals surface area (Å²) in [6.07, 6.45) is 5.04. The number of nitrogens with two attached hydrogens (primary N) is 1. The second kappa shape index (κ2) is 5.37. The molecule has 0 spiro atoms. The zero-order valence-electron chi connectivity index (χ0n) is 9.20. The van der Waals surface area contributed by atoms with E-state index in [-0.39, 0.29) is 24.3 Å². The SMILES string of the molecule is C#CCNC(=O)c1sc(NC(C)C)nc1N. The van der Waals surface area contributed by atoms with Gasteiger partial charge in [0.1, 0.15) is 10.7 Å². The van der Waals surface area contributed by atoms with Gasteiger partial charge in [-0.1, -0.05) is 17.3 Å². The number of amides is 1. The van der Waals surface area contributed by atoms with E-state index in [1.807, 2.05) is 13.8 Å². The summed E-state index contributed by atoms with van der Waals surface area (Å²) in [5.41, 5.74) is 5.64. The van der Waals surface area contributed by atoms with E-state index in [4.69, 9.17) is 12.2 Å². The molecule has 1 amide bonds. The topological polar surface area (TPSA) is 80.0 Å². The van der Waals surface area contributed by atoms with Crippen molar-refractivity contribution < 1.29 is 4.79 Å². The zero-order valence-corrected chi connectivity index (χ0v) is 10.0. The Kier molecular flexibility index (Phi) is 4.14. The van der Waals surface area contributed by atoms with Gasteiger partial charge in [0.15, 0.2) is 5.13 Å². The predicted molar refractivity (Wildman–Crippen MR) is 66.5 cm³/mol. The van der Waals surface area contributed by atoms with Gasteiger partial charge in [0, 0.05) is 6.04 Å². The minimum atomic E-state index is -0.287. The van der Waals surface area contributed by atoms with Crippen LogP contribution in [0.15, 0.2) is 0 Å². The first kappa shape index (κ1) is 12.3. The minimum absolute atomic E-state index is 0.184. The zero-order chi connectivity index (χ0) is 12.1. The molecule has 0 saturated carbocycles.